The molecule has 1 aromatic carbocycles. The van der Waals surface area contributed by atoms with Gasteiger partial charge in [-0.05, 0) is 17.7 Å². The Morgan fingerprint density at radius 1 is 1.53 bits per heavy atom. The van der Waals surface area contributed by atoms with Crippen molar-refractivity contribution in [3.63, 3.8) is 0 Å². The molecule has 2 N–H and O–H groups in total. The van der Waals surface area contributed by atoms with Crippen molar-refractivity contribution in [1.29, 1.82) is 0 Å². The summed E-state index contributed by atoms with van der Waals surface area (Å²) in [4.78, 5) is 12.4. The Balaban J connectivity index is 2.68. The highest BCUT2D eigenvalue weighted by molar-refractivity contribution is 5.72. The summed E-state index contributed by atoms with van der Waals surface area (Å²) in [5.74, 6) is 0.00577. The maximum atomic E-state index is 10.9. The fourth-order valence-electron chi connectivity index (χ4n) is 1.23. The van der Waals surface area contributed by atoms with E-state index in [0.717, 1.165) is 0 Å². The molecular formula is C11H15NO3. The Hall–Kier alpha value is -1.55. The molecule has 0 aliphatic carbocycles. The number of aliphatic hydroxyl groups is 1. The number of likely N-dealkylation sites (N-methyl/N-ethyl adjacent to an activating group) is 1. The van der Waals surface area contributed by atoms with Gasteiger partial charge in [0.2, 0.25) is 5.91 Å². The first-order valence-electron chi connectivity index (χ1n) is 4.69. The molecule has 1 amide bonds. The fraction of sp³-hybridized carbons (Fsp3) is 0.364. The Kier molecular flexibility index (Phi) is 3.68. The van der Waals surface area contributed by atoms with Gasteiger partial charge < -0.3 is 15.1 Å². The van der Waals surface area contributed by atoms with Gasteiger partial charge in [-0.25, -0.2) is 0 Å². The fourth-order valence-corrected chi connectivity index (χ4v) is 1.23. The van der Waals surface area contributed by atoms with Crippen molar-refractivity contribution in [2.75, 3.05) is 13.6 Å². The molecule has 0 saturated heterocycles. The minimum atomic E-state index is -0.772. The number of nitrogens with zero attached hydrogens (tertiary/aromatic N) is 1. The molecular weight excluding hydrogens is 194 g/mol. The summed E-state index contributed by atoms with van der Waals surface area (Å²) in [6.07, 6.45) is -0.772. The molecule has 15 heavy (non-hydrogen) atoms. The van der Waals surface area contributed by atoms with Crippen LogP contribution in [-0.2, 0) is 4.79 Å². The highest BCUT2D eigenvalue weighted by Crippen LogP contribution is 2.18. The van der Waals surface area contributed by atoms with E-state index < -0.39 is 6.10 Å². The minimum absolute atomic E-state index is 0.103. The quantitative estimate of drug-likeness (QED) is 0.777. The van der Waals surface area contributed by atoms with Crippen LogP contribution in [0.1, 0.15) is 18.6 Å². The molecule has 0 radical (unpaired) electrons. The second-order valence-corrected chi connectivity index (χ2v) is 3.51. The molecule has 1 aromatic rings. The van der Waals surface area contributed by atoms with Gasteiger partial charge in [0.25, 0.3) is 0 Å². The number of rotatable bonds is 3. The summed E-state index contributed by atoms with van der Waals surface area (Å²) in [7, 11) is 1.62. The molecule has 0 spiro atoms. The van der Waals surface area contributed by atoms with Crippen LogP contribution in [0.3, 0.4) is 0 Å². The van der Waals surface area contributed by atoms with Gasteiger partial charge in [0, 0.05) is 14.0 Å². The summed E-state index contributed by atoms with van der Waals surface area (Å²) in [5.41, 5.74) is 0.600. The van der Waals surface area contributed by atoms with Crippen LogP contribution in [0.15, 0.2) is 24.3 Å². The van der Waals surface area contributed by atoms with Gasteiger partial charge in [-0.15, -0.1) is 0 Å². The Labute approximate surface area is 88.8 Å². The molecule has 0 aliphatic rings. The van der Waals surface area contributed by atoms with E-state index >= 15 is 0 Å². The van der Waals surface area contributed by atoms with E-state index in [1.807, 2.05) is 0 Å². The number of aliphatic hydroxyl groups excluding tert-OH is 1. The summed E-state index contributed by atoms with van der Waals surface area (Å²) < 4.78 is 0. The van der Waals surface area contributed by atoms with Gasteiger partial charge in [0.15, 0.2) is 0 Å². The molecule has 1 unspecified atom stereocenters. The van der Waals surface area contributed by atoms with Crippen LogP contribution in [0.25, 0.3) is 0 Å². The molecule has 0 fully saturated rings. The molecule has 0 heterocycles. The first-order chi connectivity index (χ1) is 7.00. The molecule has 0 bridgehead atoms. The number of hydrogen-bond acceptors (Lipinski definition) is 3. The van der Waals surface area contributed by atoms with Crippen LogP contribution in [0, 0.1) is 0 Å². The number of benzene rings is 1. The number of phenolic OH excluding ortho intramolecular Hbond substituents is 1. The van der Waals surface area contributed by atoms with Gasteiger partial charge in [0.05, 0.1) is 12.6 Å². The van der Waals surface area contributed by atoms with Gasteiger partial charge in [0.1, 0.15) is 5.75 Å². The van der Waals surface area contributed by atoms with E-state index in [9.17, 15) is 15.0 Å². The molecule has 1 atom stereocenters. The van der Waals surface area contributed by atoms with Gasteiger partial charge in [-0.2, -0.15) is 0 Å². The monoisotopic (exact) mass is 209 g/mol. The SMILES string of the molecule is CC(=O)N(C)CC(O)c1cccc(O)c1. The first kappa shape index (κ1) is 11.5. The molecule has 4 heteroatoms. The standard InChI is InChI=1S/C11H15NO3/c1-8(13)12(2)7-11(15)9-4-3-5-10(14)6-9/h3-6,11,14-15H,7H2,1-2H3. The zero-order valence-electron chi connectivity index (χ0n) is 8.84. The molecule has 0 aromatic heterocycles. The van der Waals surface area contributed by atoms with E-state index in [-0.39, 0.29) is 18.2 Å². The maximum Gasteiger partial charge on any atom is 0.219 e. The van der Waals surface area contributed by atoms with Crippen molar-refractivity contribution in [3.05, 3.63) is 29.8 Å². The maximum absolute atomic E-state index is 10.9. The van der Waals surface area contributed by atoms with Crippen molar-refractivity contribution in [2.45, 2.75) is 13.0 Å². The number of carbonyl (C=O) groups is 1. The Bertz CT molecular complexity index is 351. The lowest BCUT2D eigenvalue weighted by atomic mass is 10.1. The summed E-state index contributed by atoms with van der Waals surface area (Å²) >= 11 is 0. The van der Waals surface area contributed by atoms with Crippen molar-refractivity contribution >= 4 is 5.91 Å². The van der Waals surface area contributed by atoms with Gasteiger partial charge in [-0.3, -0.25) is 4.79 Å². The zero-order valence-corrected chi connectivity index (χ0v) is 8.84. The summed E-state index contributed by atoms with van der Waals surface area (Å²) in [5, 5.41) is 19.0. The number of carbonyl (C=O) groups excluding carboxylic acids is 1. The third-order valence-electron chi connectivity index (χ3n) is 2.24. The lowest BCUT2D eigenvalue weighted by Gasteiger charge is -2.19. The molecule has 0 aliphatic heterocycles. The van der Waals surface area contributed by atoms with E-state index in [1.165, 1.54) is 24.0 Å². The lowest BCUT2D eigenvalue weighted by molar-refractivity contribution is -0.128. The van der Waals surface area contributed by atoms with Gasteiger partial charge in [-0.1, -0.05) is 12.1 Å². The second kappa shape index (κ2) is 4.79. The van der Waals surface area contributed by atoms with Crippen LogP contribution in [-0.4, -0.2) is 34.6 Å². The highest BCUT2D eigenvalue weighted by atomic mass is 16.3. The summed E-state index contributed by atoms with van der Waals surface area (Å²) in [6, 6.07) is 6.38. The van der Waals surface area contributed by atoms with E-state index in [4.69, 9.17) is 0 Å². The van der Waals surface area contributed by atoms with Crippen LogP contribution in [0.2, 0.25) is 0 Å². The summed E-state index contributed by atoms with van der Waals surface area (Å²) in [6.45, 7) is 1.66. The van der Waals surface area contributed by atoms with E-state index in [1.54, 1.807) is 19.2 Å². The van der Waals surface area contributed by atoms with Crippen molar-refractivity contribution < 1.29 is 15.0 Å². The lowest BCUT2D eigenvalue weighted by Crippen LogP contribution is -2.28. The van der Waals surface area contributed by atoms with E-state index in [2.05, 4.69) is 0 Å². The zero-order chi connectivity index (χ0) is 11.4. The van der Waals surface area contributed by atoms with Crippen LogP contribution in [0.4, 0.5) is 0 Å². The number of phenols is 1. The smallest absolute Gasteiger partial charge is 0.219 e. The van der Waals surface area contributed by atoms with Crippen LogP contribution >= 0.6 is 0 Å². The minimum Gasteiger partial charge on any atom is -0.508 e. The average Bonchev–Trinajstić information content (AvgIpc) is 2.17. The normalized spacial score (nSPS) is 12.2. The number of aromatic hydroxyl groups is 1. The average molecular weight is 209 g/mol. The molecule has 0 saturated carbocycles. The Morgan fingerprint density at radius 2 is 2.20 bits per heavy atom. The third kappa shape index (κ3) is 3.25. The number of amides is 1. The van der Waals surface area contributed by atoms with E-state index in [0.29, 0.717) is 5.56 Å². The topological polar surface area (TPSA) is 60.8 Å². The van der Waals surface area contributed by atoms with Crippen LogP contribution in [0.5, 0.6) is 5.75 Å². The third-order valence-corrected chi connectivity index (χ3v) is 2.24. The van der Waals surface area contributed by atoms with Crippen LogP contribution < -0.4 is 0 Å². The van der Waals surface area contributed by atoms with Gasteiger partial charge >= 0.3 is 0 Å². The Morgan fingerprint density at radius 3 is 2.73 bits per heavy atom. The predicted molar refractivity (Wildman–Crippen MR) is 56.4 cm³/mol. The van der Waals surface area contributed by atoms with Crippen molar-refractivity contribution in [1.82, 2.24) is 4.90 Å². The first-order valence-corrected chi connectivity index (χ1v) is 4.69. The largest absolute Gasteiger partial charge is 0.508 e. The molecule has 1 rings (SSSR count). The highest BCUT2D eigenvalue weighted by Gasteiger charge is 2.12. The second-order valence-electron chi connectivity index (χ2n) is 3.51. The molecule has 82 valence electrons. The van der Waals surface area contributed by atoms with Crippen molar-refractivity contribution in [2.24, 2.45) is 0 Å². The predicted octanol–water partition coefficient (Wildman–Crippen LogP) is 0.904. The van der Waals surface area contributed by atoms with Crippen molar-refractivity contribution in [3.8, 4) is 5.75 Å². The molecule has 4 nitrogen and oxygen atoms in total. The number of hydrogen-bond donors (Lipinski definition) is 2.